The first-order valence-electron chi connectivity index (χ1n) is 8.49. The molecule has 0 saturated heterocycles. The molecule has 0 spiro atoms. The second-order valence-corrected chi connectivity index (χ2v) is 7.28. The number of fused-ring (bicyclic) bond motifs is 1. The first-order chi connectivity index (χ1) is 12.0. The van der Waals surface area contributed by atoms with Gasteiger partial charge in [0.2, 0.25) is 5.91 Å². The predicted octanol–water partition coefficient (Wildman–Crippen LogP) is 3.94. The van der Waals surface area contributed by atoms with E-state index in [9.17, 15) is 9.59 Å². The molecule has 1 N–H and O–H groups in total. The molecule has 1 unspecified atom stereocenters. The van der Waals surface area contributed by atoms with Gasteiger partial charge in [-0.3, -0.25) is 9.59 Å². The maximum atomic E-state index is 12.7. The highest BCUT2D eigenvalue weighted by Crippen LogP contribution is 2.30. The summed E-state index contributed by atoms with van der Waals surface area (Å²) in [4.78, 5) is 26.8. The fourth-order valence-electron chi connectivity index (χ4n) is 3.14. The lowest BCUT2D eigenvalue weighted by molar-refractivity contribution is -0.119. The number of carbonyl (C=O) groups is 2. The Bertz CT molecular complexity index is 777. The number of hydrogen-bond acceptors (Lipinski definition) is 2. The first-order valence-corrected chi connectivity index (χ1v) is 9.28. The van der Waals surface area contributed by atoms with E-state index in [0.717, 1.165) is 29.5 Å². The van der Waals surface area contributed by atoms with E-state index in [4.69, 9.17) is 0 Å². The molecule has 1 aliphatic rings. The minimum Gasteiger partial charge on any atom is -0.349 e. The highest BCUT2D eigenvalue weighted by Gasteiger charge is 2.24. The van der Waals surface area contributed by atoms with Gasteiger partial charge in [-0.15, -0.1) is 0 Å². The van der Waals surface area contributed by atoms with Crippen molar-refractivity contribution in [3.05, 3.63) is 64.1 Å². The third kappa shape index (κ3) is 4.28. The Morgan fingerprint density at radius 3 is 2.72 bits per heavy atom. The van der Waals surface area contributed by atoms with Crippen molar-refractivity contribution in [2.24, 2.45) is 0 Å². The monoisotopic (exact) mass is 400 g/mol. The summed E-state index contributed by atoms with van der Waals surface area (Å²) >= 11 is 3.49. The van der Waals surface area contributed by atoms with E-state index < -0.39 is 0 Å². The summed E-state index contributed by atoms with van der Waals surface area (Å²) in [5, 5.41) is 2.91. The highest BCUT2D eigenvalue weighted by atomic mass is 79.9. The van der Waals surface area contributed by atoms with Gasteiger partial charge in [-0.1, -0.05) is 34.1 Å². The molecule has 0 radical (unpaired) electrons. The van der Waals surface area contributed by atoms with Crippen LogP contribution in [0.4, 0.5) is 5.69 Å². The summed E-state index contributed by atoms with van der Waals surface area (Å²) in [6.45, 7) is 2.60. The van der Waals surface area contributed by atoms with Crippen LogP contribution in [0.3, 0.4) is 0 Å². The molecule has 2 aromatic carbocycles. The molecule has 2 amide bonds. The molecule has 0 bridgehead atoms. The van der Waals surface area contributed by atoms with E-state index in [-0.39, 0.29) is 24.3 Å². The Hall–Kier alpha value is -2.14. The number of aryl methyl sites for hydroxylation is 1. The number of carbonyl (C=O) groups excluding carboxylic acids is 2. The Balaban J connectivity index is 1.64. The number of nitrogens with one attached hydrogen (secondary N) is 1. The molecule has 25 heavy (non-hydrogen) atoms. The standard InChI is InChI=1S/C20H21BrN2O2/c1-14(22-20(25)15-6-3-2-4-7-15)12-19(24)23-11-5-8-16-13-17(21)9-10-18(16)23/h2-4,6-7,9-10,13-14H,5,8,11-12H2,1H3,(H,22,25). The predicted molar refractivity (Wildman–Crippen MR) is 103 cm³/mol. The molecule has 5 heteroatoms. The summed E-state index contributed by atoms with van der Waals surface area (Å²) in [6.07, 6.45) is 2.23. The molecule has 1 atom stereocenters. The van der Waals surface area contributed by atoms with E-state index in [1.54, 1.807) is 12.1 Å². The molecule has 1 aliphatic heterocycles. The first kappa shape index (κ1) is 17.7. The van der Waals surface area contributed by atoms with Crippen molar-refractivity contribution in [3.8, 4) is 0 Å². The average molecular weight is 401 g/mol. The summed E-state index contributed by atoms with van der Waals surface area (Å²) in [7, 11) is 0. The second-order valence-electron chi connectivity index (χ2n) is 6.37. The van der Waals surface area contributed by atoms with Gasteiger partial charge in [-0.2, -0.15) is 0 Å². The summed E-state index contributed by atoms with van der Waals surface area (Å²) in [5.41, 5.74) is 2.78. The van der Waals surface area contributed by atoms with Crippen LogP contribution < -0.4 is 10.2 Å². The quantitative estimate of drug-likeness (QED) is 0.844. The van der Waals surface area contributed by atoms with E-state index in [0.29, 0.717) is 5.56 Å². The van der Waals surface area contributed by atoms with Crippen molar-refractivity contribution < 1.29 is 9.59 Å². The van der Waals surface area contributed by atoms with Crippen LogP contribution >= 0.6 is 15.9 Å². The lowest BCUT2D eigenvalue weighted by Crippen LogP contribution is -2.41. The molecular weight excluding hydrogens is 380 g/mol. The molecule has 0 fully saturated rings. The topological polar surface area (TPSA) is 49.4 Å². The lowest BCUT2D eigenvalue weighted by Gasteiger charge is -2.30. The number of nitrogens with zero attached hydrogens (tertiary/aromatic N) is 1. The number of hydrogen-bond donors (Lipinski definition) is 1. The minimum absolute atomic E-state index is 0.0455. The molecule has 4 nitrogen and oxygen atoms in total. The molecule has 0 aliphatic carbocycles. The van der Waals surface area contributed by atoms with Gasteiger partial charge in [-0.05, 0) is 55.7 Å². The highest BCUT2D eigenvalue weighted by molar-refractivity contribution is 9.10. The van der Waals surface area contributed by atoms with Gasteiger partial charge in [0.05, 0.1) is 0 Å². The molecule has 1 heterocycles. The van der Waals surface area contributed by atoms with E-state index in [2.05, 4.69) is 27.3 Å². The average Bonchev–Trinajstić information content (AvgIpc) is 2.61. The number of halogens is 1. The maximum absolute atomic E-state index is 12.7. The summed E-state index contributed by atoms with van der Waals surface area (Å²) in [5.74, 6) is -0.104. The molecule has 0 aromatic heterocycles. The minimum atomic E-state index is -0.221. The fourth-order valence-corrected chi connectivity index (χ4v) is 3.55. The normalized spacial score (nSPS) is 14.6. The van der Waals surface area contributed by atoms with Crippen LogP contribution in [0.2, 0.25) is 0 Å². The Morgan fingerprint density at radius 2 is 1.96 bits per heavy atom. The van der Waals surface area contributed by atoms with Gasteiger partial charge in [0.25, 0.3) is 5.91 Å². The zero-order chi connectivity index (χ0) is 17.8. The van der Waals surface area contributed by atoms with Gasteiger partial charge < -0.3 is 10.2 Å². The number of benzene rings is 2. The van der Waals surface area contributed by atoms with Crippen molar-refractivity contribution >= 4 is 33.4 Å². The van der Waals surface area contributed by atoms with Crippen molar-refractivity contribution in [1.29, 1.82) is 0 Å². The van der Waals surface area contributed by atoms with Crippen molar-refractivity contribution in [2.75, 3.05) is 11.4 Å². The number of amides is 2. The van der Waals surface area contributed by atoms with Gasteiger partial charge in [-0.25, -0.2) is 0 Å². The van der Waals surface area contributed by atoms with Crippen LogP contribution in [0.25, 0.3) is 0 Å². The van der Waals surface area contributed by atoms with Crippen LogP contribution in [0, 0.1) is 0 Å². The fraction of sp³-hybridized carbons (Fsp3) is 0.300. The molecule has 130 valence electrons. The lowest BCUT2D eigenvalue weighted by atomic mass is 10.0. The van der Waals surface area contributed by atoms with E-state index in [1.807, 2.05) is 42.2 Å². The Labute approximate surface area is 156 Å². The maximum Gasteiger partial charge on any atom is 0.251 e. The zero-order valence-corrected chi connectivity index (χ0v) is 15.8. The van der Waals surface area contributed by atoms with E-state index in [1.165, 1.54) is 5.56 Å². The van der Waals surface area contributed by atoms with Crippen molar-refractivity contribution in [2.45, 2.75) is 32.2 Å². The van der Waals surface area contributed by atoms with Gasteiger partial charge in [0.15, 0.2) is 0 Å². The molecule has 2 aromatic rings. The number of anilines is 1. The van der Waals surface area contributed by atoms with Crippen LogP contribution in [0.1, 0.15) is 35.7 Å². The summed E-state index contributed by atoms with van der Waals surface area (Å²) in [6, 6.07) is 14.9. The zero-order valence-electron chi connectivity index (χ0n) is 14.2. The summed E-state index contributed by atoms with van der Waals surface area (Å²) < 4.78 is 1.03. The van der Waals surface area contributed by atoms with E-state index >= 15 is 0 Å². The van der Waals surface area contributed by atoms with Crippen LogP contribution in [-0.2, 0) is 11.2 Å². The van der Waals surface area contributed by atoms with Crippen LogP contribution in [0.15, 0.2) is 53.0 Å². The van der Waals surface area contributed by atoms with Gasteiger partial charge in [0, 0.05) is 34.7 Å². The SMILES string of the molecule is CC(CC(=O)N1CCCc2cc(Br)ccc21)NC(=O)c1ccccc1. The number of rotatable bonds is 4. The Morgan fingerprint density at radius 1 is 1.20 bits per heavy atom. The van der Waals surface area contributed by atoms with Crippen LogP contribution in [-0.4, -0.2) is 24.4 Å². The molecule has 3 rings (SSSR count). The second kappa shape index (κ2) is 7.83. The third-order valence-corrected chi connectivity index (χ3v) is 4.85. The van der Waals surface area contributed by atoms with Gasteiger partial charge >= 0.3 is 0 Å². The van der Waals surface area contributed by atoms with Crippen LogP contribution in [0.5, 0.6) is 0 Å². The molecular formula is C20H21BrN2O2. The smallest absolute Gasteiger partial charge is 0.251 e. The van der Waals surface area contributed by atoms with Crippen molar-refractivity contribution in [1.82, 2.24) is 5.32 Å². The Kier molecular flexibility index (Phi) is 5.53. The largest absolute Gasteiger partial charge is 0.349 e. The molecule has 0 saturated carbocycles. The van der Waals surface area contributed by atoms with Gasteiger partial charge in [0.1, 0.15) is 0 Å². The van der Waals surface area contributed by atoms with Crippen molar-refractivity contribution in [3.63, 3.8) is 0 Å². The third-order valence-electron chi connectivity index (χ3n) is 4.36.